The van der Waals surface area contributed by atoms with E-state index in [2.05, 4.69) is 0 Å². The van der Waals surface area contributed by atoms with Crippen LogP contribution in [0, 0.1) is 0 Å². The van der Waals surface area contributed by atoms with Gasteiger partial charge in [-0.05, 0) is 16.7 Å². The van der Waals surface area contributed by atoms with E-state index in [9.17, 15) is 4.57 Å². The van der Waals surface area contributed by atoms with E-state index in [-0.39, 0.29) is 0 Å². The second-order valence-corrected chi connectivity index (χ2v) is 2.67. The average molecular weight is 141 g/mol. The zero-order valence-corrected chi connectivity index (χ0v) is 5.58. The standard InChI is InChI=1S/C6H5O2P/c7-9(8)6-4-2-1-3-5-6/h1-5H/p+1. The van der Waals surface area contributed by atoms with Crippen molar-refractivity contribution >= 4 is 13.3 Å². The maximum atomic E-state index is 10.3. The van der Waals surface area contributed by atoms with Crippen LogP contribution in [0.2, 0.25) is 0 Å². The van der Waals surface area contributed by atoms with E-state index in [4.69, 9.17) is 4.89 Å². The molecule has 9 heavy (non-hydrogen) atoms. The van der Waals surface area contributed by atoms with Crippen LogP contribution in [0.4, 0.5) is 0 Å². The molecule has 0 aliphatic rings. The zero-order chi connectivity index (χ0) is 6.69. The van der Waals surface area contributed by atoms with Crippen LogP contribution in [-0.2, 0) is 4.57 Å². The van der Waals surface area contributed by atoms with Crippen LogP contribution in [0.25, 0.3) is 0 Å². The topological polar surface area (TPSA) is 37.3 Å². The van der Waals surface area contributed by atoms with Gasteiger partial charge in [0, 0.05) is 0 Å². The highest BCUT2D eigenvalue weighted by Crippen LogP contribution is 2.10. The molecule has 0 amide bonds. The molecule has 1 unspecified atom stereocenters. The van der Waals surface area contributed by atoms with Crippen molar-refractivity contribution in [3.63, 3.8) is 0 Å². The van der Waals surface area contributed by atoms with Gasteiger partial charge in [-0.1, -0.05) is 18.2 Å². The largest absolute Gasteiger partial charge is 0.546 e. The minimum Gasteiger partial charge on any atom is -0.156 e. The smallest absolute Gasteiger partial charge is 0.156 e. The summed E-state index contributed by atoms with van der Waals surface area (Å²) in [5.74, 6) is 0. The van der Waals surface area contributed by atoms with Crippen molar-refractivity contribution in [2.75, 3.05) is 0 Å². The molecular formula is C6H6O2P+. The molecule has 0 fully saturated rings. The lowest BCUT2D eigenvalue weighted by Gasteiger charge is -1.77. The molecule has 0 spiro atoms. The summed E-state index contributed by atoms with van der Waals surface area (Å²) < 4.78 is 10.3. The van der Waals surface area contributed by atoms with Gasteiger partial charge in [0.15, 0.2) is 0 Å². The first-order valence-corrected chi connectivity index (χ1v) is 3.73. The zero-order valence-electron chi connectivity index (χ0n) is 4.69. The molecule has 0 aliphatic carbocycles. The van der Waals surface area contributed by atoms with Crippen molar-refractivity contribution in [1.29, 1.82) is 0 Å². The number of benzene rings is 1. The Balaban J connectivity index is 2.98. The van der Waals surface area contributed by atoms with Gasteiger partial charge >= 0.3 is 8.03 Å². The van der Waals surface area contributed by atoms with Gasteiger partial charge in [0.1, 0.15) is 0 Å². The lowest BCUT2D eigenvalue weighted by Crippen LogP contribution is -1.91. The van der Waals surface area contributed by atoms with Crippen LogP contribution in [0.1, 0.15) is 0 Å². The van der Waals surface area contributed by atoms with Gasteiger partial charge in [0.2, 0.25) is 5.30 Å². The molecule has 0 saturated carbocycles. The Morgan fingerprint density at radius 3 is 2.11 bits per heavy atom. The fraction of sp³-hybridized carbons (Fsp3) is 0. The fourth-order valence-electron chi connectivity index (χ4n) is 0.556. The summed E-state index contributed by atoms with van der Waals surface area (Å²) in [5, 5.41) is 0.479. The average Bonchev–Trinajstić information content (AvgIpc) is 1.90. The fourth-order valence-corrected chi connectivity index (χ4v) is 0.983. The van der Waals surface area contributed by atoms with Crippen LogP contribution in [0.3, 0.4) is 0 Å². The van der Waals surface area contributed by atoms with E-state index >= 15 is 0 Å². The molecule has 0 saturated heterocycles. The molecule has 0 radical (unpaired) electrons. The molecule has 0 aromatic heterocycles. The molecular weight excluding hydrogens is 135 g/mol. The maximum absolute atomic E-state index is 10.3. The quantitative estimate of drug-likeness (QED) is 0.593. The van der Waals surface area contributed by atoms with Gasteiger partial charge in [0.05, 0.1) is 0 Å². The highest BCUT2D eigenvalue weighted by molar-refractivity contribution is 7.47. The minimum absolute atomic E-state index is 0.479. The van der Waals surface area contributed by atoms with Gasteiger partial charge in [-0.15, -0.1) is 0 Å². The first-order chi connectivity index (χ1) is 4.30. The summed E-state index contributed by atoms with van der Waals surface area (Å²) in [5.41, 5.74) is 0. The first kappa shape index (κ1) is 6.40. The molecule has 1 atom stereocenters. The van der Waals surface area contributed by atoms with Gasteiger partial charge in [-0.3, -0.25) is 0 Å². The molecule has 0 aliphatic heterocycles. The molecule has 2 nitrogen and oxygen atoms in total. The van der Waals surface area contributed by atoms with Crippen LogP contribution >= 0.6 is 8.03 Å². The van der Waals surface area contributed by atoms with Crippen molar-refractivity contribution in [2.24, 2.45) is 0 Å². The Hall–Kier alpha value is -0.720. The molecule has 0 heterocycles. The molecule has 0 bridgehead atoms. The van der Waals surface area contributed by atoms with Gasteiger partial charge in [-0.25, -0.2) is 0 Å². The van der Waals surface area contributed by atoms with E-state index in [1.807, 2.05) is 6.07 Å². The monoisotopic (exact) mass is 141 g/mol. The summed E-state index contributed by atoms with van der Waals surface area (Å²) in [6.45, 7) is 0. The highest BCUT2D eigenvalue weighted by atomic mass is 31.1. The molecule has 1 aromatic carbocycles. The summed E-state index contributed by atoms with van der Waals surface area (Å²) in [6.07, 6.45) is 0. The molecule has 1 N–H and O–H groups in total. The van der Waals surface area contributed by atoms with Crippen molar-refractivity contribution in [2.45, 2.75) is 0 Å². The Bertz CT molecular complexity index is 208. The summed E-state index contributed by atoms with van der Waals surface area (Å²) >= 11 is 0. The van der Waals surface area contributed by atoms with E-state index in [0.717, 1.165) is 0 Å². The second kappa shape index (κ2) is 2.72. The number of hydrogen-bond donors (Lipinski definition) is 1. The number of rotatable bonds is 1. The predicted octanol–water partition coefficient (Wildman–Crippen LogP) is 1.05. The van der Waals surface area contributed by atoms with Gasteiger partial charge in [-0.2, -0.15) is 4.89 Å². The molecule has 1 rings (SSSR count). The number of hydrogen-bond acceptors (Lipinski definition) is 1. The van der Waals surface area contributed by atoms with Crippen LogP contribution in [0.15, 0.2) is 30.3 Å². The van der Waals surface area contributed by atoms with Crippen molar-refractivity contribution in [3.8, 4) is 0 Å². The Kier molecular flexibility index (Phi) is 1.93. The van der Waals surface area contributed by atoms with Crippen LogP contribution < -0.4 is 5.30 Å². The van der Waals surface area contributed by atoms with Gasteiger partial charge in [0.25, 0.3) is 0 Å². The highest BCUT2D eigenvalue weighted by Gasteiger charge is 2.12. The Morgan fingerprint density at radius 2 is 1.78 bits per heavy atom. The Labute approximate surface area is 54.0 Å². The molecule has 1 aromatic rings. The SMILES string of the molecule is O=[P+](O)c1ccccc1. The van der Waals surface area contributed by atoms with E-state index in [1.54, 1.807) is 24.3 Å². The second-order valence-electron chi connectivity index (χ2n) is 1.61. The normalized spacial score (nSPS) is 11.0. The van der Waals surface area contributed by atoms with E-state index in [1.165, 1.54) is 0 Å². The van der Waals surface area contributed by atoms with Gasteiger partial charge < -0.3 is 0 Å². The molecule has 3 heteroatoms. The van der Waals surface area contributed by atoms with E-state index in [0.29, 0.717) is 5.30 Å². The first-order valence-electron chi connectivity index (χ1n) is 2.52. The maximum Gasteiger partial charge on any atom is 0.546 e. The lowest BCUT2D eigenvalue weighted by atomic mass is 10.4. The van der Waals surface area contributed by atoms with Crippen molar-refractivity contribution in [3.05, 3.63) is 30.3 Å². The third-order valence-electron chi connectivity index (χ3n) is 0.977. The lowest BCUT2D eigenvalue weighted by molar-refractivity contribution is 0.513. The summed E-state index contributed by atoms with van der Waals surface area (Å²) in [7, 11) is -2.15. The van der Waals surface area contributed by atoms with Crippen molar-refractivity contribution < 1.29 is 9.46 Å². The third kappa shape index (κ3) is 1.60. The predicted molar refractivity (Wildman–Crippen MR) is 35.9 cm³/mol. The minimum atomic E-state index is -2.15. The molecule has 46 valence electrons. The van der Waals surface area contributed by atoms with Crippen LogP contribution in [-0.4, -0.2) is 4.89 Å². The Morgan fingerprint density at radius 1 is 1.22 bits per heavy atom. The van der Waals surface area contributed by atoms with E-state index < -0.39 is 8.03 Å². The summed E-state index contributed by atoms with van der Waals surface area (Å²) in [6, 6.07) is 8.53. The van der Waals surface area contributed by atoms with Crippen molar-refractivity contribution in [1.82, 2.24) is 0 Å². The summed E-state index contributed by atoms with van der Waals surface area (Å²) in [4.78, 5) is 8.53. The van der Waals surface area contributed by atoms with Crippen LogP contribution in [0.5, 0.6) is 0 Å². The third-order valence-corrected chi connectivity index (χ3v) is 1.72.